The zero-order chi connectivity index (χ0) is 21.2. The van der Waals surface area contributed by atoms with Crippen molar-refractivity contribution in [3.05, 3.63) is 89.5 Å². The van der Waals surface area contributed by atoms with Crippen molar-refractivity contribution in [3.63, 3.8) is 0 Å². The summed E-state index contributed by atoms with van der Waals surface area (Å²) < 4.78 is 10.7. The van der Waals surface area contributed by atoms with Crippen molar-refractivity contribution in [1.82, 2.24) is 5.32 Å². The maximum atomic E-state index is 13.7. The number of nitrogens with one attached hydrogen (secondary N) is 1. The first-order valence-electron chi connectivity index (χ1n) is 10.4. The number of carbonyl (C=O) groups excluding carboxylic acids is 2. The van der Waals surface area contributed by atoms with Crippen LogP contribution in [0.25, 0.3) is 0 Å². The Labute approximate surface area is 180 Å². The molecule has 2 aliphatic heterocycles. The number of fused-ring (bicyclic) bond motifs is 2. The van der Waals surface area contributed by atoms with Gasteiger partial charge in [0.15, 0.2) is 11.5 Å². The summed E-state index contributed by atoms with van der Waals surface area (Å²) in [7, 11) is 0. The van der Waals surface area contributed by atoms with Crippen molar-refractivity contribution in [3.8, 4) is 11.5 Å². The standard InChI is InChI=1S/C25H22N2O4/c28-24(19-12-13-21-22(15-19)31-16-30-21)26-23(18-8-2-1-3-9-18)25(29)27-14-6-10-17-7-4-5-11-20(17)27/h1-5,7-9,11-13,15,23H,6,10,14,16H2,(H,26,28)/t23-/m0/s1. The van der Waals surface area contributed by atoms with E-state index in [1.54, 1.807) is 23.1 Å². The van der Waals surface area contributed by atoms with Crippen molar-refractivity contribution in [2.75, 3.05) is 18.2 Å². The van der Waals surface area contributed by atoms with Crippen LogP contribution in [0.4, 0.5) is 5.69 Å². The Bertz CT molecular complexity index is 1130. The van der Waals surface area contributed by atoms with Crippen LogP contribution in [0.15, 0.2) is 72.8 Å². The Morgan fingerprint density at radius 1 is 0.903 bits per heavy atom. The van der Waals surface area contributed by atoms with Gasteiger partial charge in [-0.25, -0.2) is 0 Å². The van der Waals surface area contributed by atoms with E-state index in [4.69, 9.17) is 9.47 Å². The van der Waals surface area contributed by atoms with Crippen molar-refractivity contribution >= 4 is 17.5 Å². The first-order chi connectivity index (χ1) is 15.2. The summed E-state index contributed by atoms with van der Waals surface area (Å²) in [6.07, 6.45) is 1.83. The van der Waals surface area contributed by atoms with Crippen LogP contribution in [0.5, 0.6) is 11.5 Å². The minimum atomic E-state index is -0.801. The maximum Gasteiger partial charge on any atom is 0.254 e. The molecule has 0 unspecified atom stereocenters. The van der Waals surface area contributed by atoms with Crippen LogP contribution in [0.1, 0.15) is 33.9 Å². The summed E-state index contributed by atoms with van der Waals surface area (Å²) in [6.45, 7) is 0.763. The molecular weight excluding hydrogens is 392 g/mol. The fourth-order valence-electron chi connectivity index (χ4n) is 4.10. The van der Waals surface area contributed by atoms with E-state index in [0.29, 0.717) is 23.6 Å². The molecule has 2 heterocycles. The first kappa shape index (κ1) is 19.2. The number of ether oxygens (including phenoxy) is 2. The quantitative estimate of drug-likeness (QED) is 0.704. The average Bonchev–Trinajstić information content (AvgIpc) is 3.30. The molecule has 0 saturated heterocycles. The number of nitrogens with zero attached hydrogens (tertiary/aromatic N) is 1. The average molecular weight is 414 g/mol. The van der Waals surface area contributed by atoms with Gasteiger partial charge in [0.1, 0.15) is 6.04 Å². The van der Waals surface area contributed by atoms with Crippen LogP contribution in [0, 0.1) is 0 Å². The van der Waals surface area contributed by atoms with Gasteiger partial charge in [-0.3, -0.25) is 9.59 Å². The van der Waals surface area contributed by atoms with Gasteiger partial charge in [-0.05, 0) is 48.2 Å². The van der Waals surface area contributed by atoms with E-state index in [9.17, 15) is 9.59 Å². The van der Waals surface area contributed by atoms with Gasteiger partial charge in [0, 0.05) is 17.8 Å². The molecule has 2 amide bonds. The highest BCUT2D eigenvalue weighted by atomic mass is 16.7. The molecule has 0 bridgehead atoms. The third-order valence-corrected chi connectivity index (χ3v) is 5.67. The summed E-state index contributed by atoms with van der Waals surface area (Å²) in [4.78, 5) is 28.6. The predicted octanol–water partition coefficient (Wildman–Crippen LogP) is 3.87. The van der Waals surface area contributed by atoms with Crippen LogP contribution < -0.4 is 19.7 Å². The number of hydrogen-bond acceptors (Lipinski definition) is 4. The molecule has 0 radical (unpaired) electrons. The van der Waals surface area contributed by atoms with Gasteiger partial charge in [0.05, 0.1) is 0 Å². The van der Waals surface area contributed by atoms with Crippen LogP contribution in [-0.4, -0.2) is 25.2 Å². The minimum absolute atomic E-state index is 0.139. The summed E-state index contributed by atoms with van der Waals surface area (Å²) >= 11 is 0. The molecule has 0 aromatic heterocycles. The lowest BCUT2D eigenvalue weighted by Crippen LogP contribution is -2.45. The molecule has 1 atom stereocenters. The number of para-hydroxylation sites is 1. The van der Waals surface area contributed by atoms with Gasteiger partial charge < -0.3 is 19.7 Å². The van der Waals surface area contributed by atoms with Gasteiger partial charge >= 0.3 is 0 Å². The number of aryl methyl sites for hydroxylation is 1. The number of carbonyl (C=O) groups is 2. The van der Waals surface area contributed by atoms with E-state index in [-0.39, 0.29) is 18.6 Å². The molecule has 6 heteroatoms. The molecule has 0 spiro atoms. The molecule has 3 aromatic carbocycles. The number of benzene rings is 3. The summed E-state index contributed by atoms with van der Waals surface area (Å²) in [5, 5.41) is 2.94. The third kappa shape index (κ3) is 3.72. The smallest absolute Gasteiger partial charge is 0.254 e. The molecule has 156 valence electrons. The maximum absolute atomic E-state index is 13.7. The molecule has 0 fully saturated rings. The van der Waals surface area contributed by atoms with E-state index in [2.05, 4.69) is 11.4 Å². The monoisotopic (exact) mass is 414 g/mol. The largest absolute Gasteiger partial charge is 0.454 e. The van der Waals surface area contributed by atoms with Crippen molar-refractivity contribution in [2.45, 2.75) is 18.9 Å². The SMILES string of the molecule is O=C(N[C@H](C(=O)N1CCCc2ccccc21)c1ccccc1)c1ccc2c(c1)OCO2. The molecule has 2 aliphatic rings. The van der Waals surface area contributed by atoms with E-state index >= 15 is 0 Å². The summed E-state index contributed by atoms with van der Waals surface area (Å²) in [5.74, 6) is 0.649. The Hall–Kier alpha value is -3.80. The summed E-state index contributed by atoms with van der Waals surface area (Å²) in [5.41, 5.74) is 3.22. The molecule has 3 aromatic rings. The lowest BCUT2D eigenvalue weighted by atomic mass is 9.99. The second kappa shape index (κ2) is 8.14. The van der Waals surface area contributed by atoms with Crippen molar-refractivity contribution in [1.29, 1.82) is 0 Å². The van der Waals surface area contributed by atoms with Crippen LogP contribution in [0.2, 0.25) is 0 Å². The number of amides is 2. The Morgan fingerprint density at radius 3 is 2.55 bits per heavy atom. The molecule has 0 aliphatic carbocycles. The zero-order valence-electron chi connectivity index (χ0n) is 16.9. The highest BCUT2D eigenvalue weighted by molar-refractivity contribution is 6.03. The number of rotatable bonds is 4. The van der Waals surface area contributed by atoms with Gasteiger partial charge in [0.2, 0.25) is 6.79 Å². The molecular formula is C25H22N2O4. The fraction of sp³-hybridized carbons (Fsp3) is 0.200. The molecule has 31 heavy (non-hydrogen) atoms. The zero-order valence-corrected chi connectivity index (χ0v) is 16.9. The second-order valence-electron chi connectivity index (χ2n) is 7.61. The predicted molar refractivity (Wildman–Crippen MR) is 116 cm³/mol. The van der Waals surface area contributed by atoms with E-state index in [1.165, 1.54) is 0 Å². The van der Waals surface area contributed by atoms with Gasteiger partial charge in [-0.2, -0.15) is 0 Å². The van der Waals surface area contributed by atoms with Crippen LogP contribution >= 0.6 is 0 Å². The van der Waals surface area contributed by atoms with Crippen LogP contribution in [0.3, 0.4) is 0 Å². The second-order valence-corrected chi connectivity index (χ2v) is 7.61. The van der Waals surface area contributed by atoms with E-state index < -0.39 is 6.04 Å². The minimum Gasteiger partial charge on any atom is -0.454 e. The number of hydrogen-bond donors (Lipinski definition) is 1. The third-order valence-electron chi connectivity index (χ3n) is 5.67. The van der Waals surface area contributed by atoms with Crippen molar-refractivity contribution < 1.29 is 19.1 Å². The van der Waals surface area contributed by atoms with Crippen LogP contribution in [-0.2, 0) is 11.2 Å². The molecule has 6 nitrogen and oxygen atoms in total. The van der Waals surface area contributed by atoms with Gasteiger partial charge in [0.25, 0.3) is 11.8 Å². The number of anilines is 1. The summed E-state index contributed by atoms with van der Waals surface area (Å²) in [6, 6.07) is 21.5. The highest BCUT2D eigenvalue weighted by Gasteiger charge is 2.31. The first-order valence-corrected chi connectivity index (χ1v) is 10.4. The molecule has 1 N–H and O–H groups in total. The lowest BCUT2D eigenvalue weighted by Gasteiger charge is -2.32. The lowest BCUT2D eigenvalue weighted by molar-refractivity contribution is -0.120. The van der Waals surface area contributed by atoms with E-state index in [0.717, 1.165) is 29.7 Å². The van der Waals surface area contributed by atoms with Crippen molar-refractivity contribution in [2.24, 2.45) is 0 Å². The Kier molecular flexibility index (Phi) is 5.04. The fourth-order valence-corrected chi connectivity index (χ4v) is 4.10. The van der Waals surface area contributed by atoms with Gasteiger partial charge in [-0.1, -0.05) is 48.5 Å². The highest BCUT2D eigenvalue weighted by Crippen LogP contribution is 2.33. The molecule has 5 rings (SSSR count). The Morgan fingerprint density at radius 2 is 1.68 bits per heavy atom. The normalized spacial score (nSPS) is 15.2. The molecule has 0 saturated carbocycles. The van der Waals surface area contributed by atoms with E-state index in [1.807, 2.05) is 48.5 Å². The topological polar surface area (TPSA) is 67.9 Å². The Balaban J connectivity index is 1.46. The van der Waals surface area contributed by atoms with Gasteiger partial charge in [-0.15, -0.1) is 0 Å².